The van der Waals surface area contributed by atoms with E-state index in [-0.39, 0.29) is 11.2 Å². The Bertz CT molecular complexity index is 206. The van der Waals surface area contributed by atoms with Crippen LogP contribution >= 0.6 is 11.6 Å². The molecule has 0 aromatic heterocycles. The summed E-state index contributed by atoms with van der Waals surface area (Å²) in [5, 5.41) is -0.105. The van der Waals surface area contributed by atoms with Gasteiger partial charge in [0.05, 0.1) is 0 Å². The molecule has 0 saturated heterocycles. The van der Waals surface area contributed by atoms with Crippen molar-refractivity contribution in [2.24, 2.45) is 17.8 Å². The zero-order chi connectivity index (χ0) is 8.55. The second kappa shape index (κ2) is 3.21. The molecule has 0 spiro atoms. The second-order valence-corrected chi connectivity index (χ2v) is 4.16. The van der Waals surface area contributed by atoms with Crippen molar-refractivity contribution >= 4 is 16.8 Å². The molecule has 0 N–H and O–H groups in total. The summed E-state index contributed by atoms with van der Waals surface area (Å²) in [6.07, 6.45) is 9.02. The molecule has 0 bridgehead atoms. The first kappa shape index (κ1) is 8.31. The van der Waals surface area contributed by atoms with Crippen LogP contribution in [0.2, 0.25) is 0 Å². The summed E-state index contributed by atoms with van der Waals surface area (Å²) in [5.41, 5.74) is 0. The van der Waals surface area contributed by atoms with Gasteiger partial charge in [-0.3, -0.25) is 4.79 Å². The van der Waals surface area contributed by atoms with Gasteiger partial charge in [-0.05, 0) is 49.1 Å². The molecule has 0 aromatic carbocycles. The molecule has 0 aliphatic heterocycles. The summed E-state index contributed by atoms with van der Waals surface area (Å²) in [6.45, 7) is 0. The standard InChI is InChI=1S/C10H13ClO/c11-10(12)9-7-5-3-1-2-4-6-8(7)9/h1-2,7-9H,3-6H2/t7-,8+,9?. The van der Waals surface area contributed by atoms with Crippen LogP contribution < -0.4 is 0 Å². The van der Waals surface area contributed by atoms with E-state index in [9.17, 15) is 4.79 Å². The fourth-order valence-electron chi connectivity index (χ4n) is 2.38. The molecule has 1 nitrogen and oxygen atoms in total. The molecule has 66 valence electrons. The van der Waals surface area contributed by atoms with Crippen molar-refractivity contribution in [2.75, 3.05) is 0 Å². The van der Waals surface area contributed by atoms with Crippen molar-refractivity contribution in [1.29, 1.82) is 0 Å². The van der Waals surface area contributed by atoms with Crippen LogP contribution in [0.25, 0.3) is 0 Å². The summed E-state index contributed by atoms with van der Waals surface area (Å²) in [4.78, 5) is 10.9. The fourth-order valence-corrected chi connectivity index (χ4v) is 2.71. The van der Waals surface area contributed by atoms with Gasteiger partial charge in [0.25, 0.3) is 0 Å². The fraction of sp³-hybridized carbons (Fsp3) is 0.700. The zero-order valence-electron chi connectivity index (χ0n) is 7.00. The van der Waals surface area contributed by atoms with Gasteiger partial charge in [0, 0.05) is 5.92 Å². The van der Waals surface area contributed by atoms with E-state index in [0.717, 1.165) is 25.7 Å². The van der Waals surface area contributed by atoms with Crippen LogP contribution in [0.4, 0.5) is 0 Å². The highest BCUT2D eigenvalue weighted by atomic mass is 35.5. The summed E-state index contributed by atoms with van der Waals surface area (Å²) < 4.78 is 0. The molecule has 2 rings (SSSR count). The van der Waals surface area contributed by atoms with Crippen LogP contribution in [0, 0.1) is 17.8 Å². The highest BCUT2D eigenvalue weighted by molar-refractivity contribution is 6.64. The highest BCUT2D eigenvalue weighted by Crippen LogP contribution is 2.53. The molecule has 0 amide bonds. The third kappa shape index (κ3) is 1.42. The maximum absolute atomic E-state index is 10.9. The first-order valence-corrected chi connectivity index (χ1v) is 5.03. The normalized spacial score (nSPS) is 39.6. The van der Waals surface area contributed by atoms with Crippen molar-refractivity contribution in [3.8, 4) is 0 Å². The van der Waals surface area contributed by atoms with Crippen molar-refractivity contribution in [1.82, 2.24) is 0 Å². The Kier molecular flexibility index (Phi) is 2.22. The molecule has 0 radical (unpaired) electrons. The Morgan fingerprint density at radius 2 is 1.67 bits per heavy atom. The lowest BCUT2D eigenvalue weighted by molar-refractivity contribution is -0.113. The molecular formula is C10H13ClO. The van der Waals surface area contributed by atoms with Gasteiger partial charge < -0.3 is 0 Å². The van der Waals surface area contributed by atoms with Crippen molar-refractivity contribution < 1.29 is 4.79 Å². The third-order valence-electron chi connectivity index (χ3n) is 3.09. The number of halogens is 1. The average Bonchev–Trinajstić information content (AvgIpc) is 2.60. The largest absolute Gasteiger partial charge is 0.281 e. The molecular weight excluding hydrogens is 172 g/mol. The zero-order valence-corrected chi connectivity index (χ0v) is 7.76. The summed E-state index contributed by atoms with van der Waals surface area (Å²) >= 11 is 5.50. The highest BCUT2D eigenvalue weighted by Gasteiger charge is 2.52. The van der Waals surface area contributed by atoms with E-state index >= 15 is 0 Å². The number of carbonyl (C=O) groups excluding carboxylic acids is 1. The topological polar surface area (TPSA) is 17.1 Å². The van der Waals surface area contributed by atoms with Gasteiger partial charge in [0.2, 0.25) is 5.24 Å². The number of hydrogen-bond acceptors (Lipinski definition) is 1. The minimum absolute atomic E-state index is 0.105. The van der Waals surface area contributed by atoms with E-state index in [4.69, 9.17) is 11.6 Å². The third-order valence-corrected chi connectivity index (χ3v) is 3.35. The Morgan fingerprint density at radius 1 is 1.17 bits per heavy atom. The number of carbonyl (C=O) groups is 1. The number of fused-ring (bicyclic) bond motifs is 1. The molecule has 3 atom stereocenters. The number of hydrogen-bond donors (Lipinski definition) is 0. The van der Waals surface area contributed by atoms with Crippen LogP contribution in [0.1, 0.15) is 25.7 Å². The molecule has 12 heavy (non-hydrogen) atoms. The van der Waals surface area contributed by atoms with E-state index < -0.39 is 0 Å². The van der Waals surface area contributed by atoms with E-state index in [1.54, 1.807) is 0 Å². The van der Waals surface area contributed by atoms with Gasteiger partial charge in [0.15, 0.2) is 0 Å². The van der Waals surface area contributed by atoms with Gasteiger partial charge in [0.1, 0.15) is 0 Å². The lowest BCUT2D eigenvalue weighted by atomic mass is 10.1. The van der Waals surface area contributed by atoms with Crippen molar-refractivity contribution in [3.63, 3.8) is 0 Å². The van der Waals surface area contributed by atoms with Crippen LogP contribution in [-0.2, 0) is 4.79 Å². The van der Waals surface area contributed by atoms with E-state index in [1.807, 2.05) is 0 Å². The monoisotopic (exact) mass is 184 g/mol. The van der Waals surface area contributed by atoms with Crippen LogP contribution in [0.3, 0.4) is 0 Å². The van der Waals surface area contributed by atoms with Crippen molar-refractivity contribution in [3.05, 3.63) is 12.2 Å². The maximum Gasteiger partial charge on any atom is 0.225 e. The Hall–Kier alpha value is -0.300. The molecule has 0 aromatic rings. The first-order chi connectivity index (χ1) is 5.80. The van der Waals surface area contributed by atoms with Gasteiger partial charge in [-0.25, -0.2) is 0 Å². The lowest BCUT2D eigenvalue weighted by Crippen LogP contribution is -1.92. The number of allylic oxidation sites excluding steroid dienone is 2. The molecule has 1 unspecified atom stereocenters. The van der Waals surface area contributed by atoms with E-state index in [1.165, 1.54) is 0 Å². The Balaban J connectivity index is 1.98. The van der Waals surface area contributed by atoms with Gasteiger partial charge in [-0.15, -0.1) is 0 Å². The molecule has 2 heteroatoms. The Labute approximate surface area is 77.8 Å². The maximum atomic E-state index is 10.9. The molecule has 1 saturated carbocycles. The van der Waals surface area contributed by atoms with Crippen LogP contribution in [0.5, 0.6) is 0 Å². The van der Waals surface area contributed by atoms with Crippen LogP contribution in [-0.4, -0.2) is 5.24 Å². The predicted octanol–water partition coefficient (Wildman–Crippen LogP) is 2.74. The number of rotatable bonds is 1. The molecule has 2 aliphatic rings. The van der Waals surface area contributed by atoms with Crippen LogP contribution in [0.15, 0.2) is 12.2 Å². The van der Waals surface area contributed by atoms with Gasteiger partial charge in [-0.2, -0.15) is 0 Å². The summed E-state index contributed by atoms with van der Waals surface area (Å²) in [6, 6.07) is 0. The second-order valence-electron chi connectivity index (χ2n) is 3.78. The minimum Gasteiger partial charge on any atom is -0.281 e. The quantitative estimate of drug-likeness (QED) is 0.453. The first-order valence-electron chi connectivity index (χ1n) is 4.65. The van der Waals surface area contributed by atoms with E-state index in [0.29, 0.717) is 11.8 Å². The van der Waals surface area contributed by atoms with Crippen molar-refractivity contribution in [2.45, 2.75) is 25.7 Å². The smallest absolute Gasteiger partial charge is 0.225 e. The minimum atomic E-state index is -0.105. The Morgan fingerprint density at radius 3 is 2.08 bits per heavy atom. The van der Waals surface area contributed by atoms with E-state index in [2.05, 4.69) is 12.2 Å². The SMILES string of the molecule is O=C(Cl)C1[C@H]2CCC=CCC[C@@H]12. The lowest BCUT2D eigenvalue weighted by Gasteiger charge is -1.99. The molecule has 2 aliphatic carbocycles. The summed E-state index contributed by atoms with van der Waals surface area (Å²) in [7, 11) is 0. The average molecular weight is 185 g/mol. The predicted molar refractivity (Wildman–Crippen MR) is 48.9 cm³/mol. The summed E-state index contributed by atoms with van der Waals surface area (Å²) in [5.74, 6) is 1.42. The molecule has 0 heterocycles. The van der Waals surface area contributed by atoms with Gasteiger partial charge in [-0.1, -0.05) is 12.2 Å². The van der Waals surface area contributed by atoms with Gasteiger partial charge >= 0.3 is 0 Å². The molecule has 1 fully saturated rings.